The third-order valence-corrected chi connectivity index (χ3v) is 11.9. The van der Waals surface area contributed by atoms with E-state index in [0.717, 1.165) is 60.6 Å². The number of fused-ring (bicyclic) bond motifs is 2. The van der Waals surface area contributed by atoms with Gasteiger partial charge in [0, 0.05) is 50.6 Å². The van der Waals surface area contributed by atoms with Crippen LogP contribution in [0.3, 0.4) is 0 Å². The van der Waals surface area contributed by atoms with Crippen molar-refractivity contribution in [3.63, 3.8) is 0 Å². The summed E-state index contributed by atoms with van der Waals surface area (Å²) in [5.41, 5.74) is 10.5. The molecule has 68 heavy (non-hydrogen) atoms. The fourth-order valence-corrected chi connectivity index (χ4v) is 8.24. The fourth-order valence-electron chi connectivity index (χ4n) is 8.24. The maximum absolute atomic E-state index is 14.2. The molecule has 22 nitrogen and oxygen atoms in total. The highest BCUT2D eigenvalue weighted by molar-refractivity contribution is 5.87. The van der Waals surface area contributed by atoms with Gasteiger partial charge >= 0.3 is 0 Å². The highest BCUT2D eigenvalue weighted by Gasteiger charge is 2.33. The minimum Gasteiger partial charge on any atom is -0.478 e. The Bertz CT molecular complexity index is 2510. The zero-order valence-electron chi connectivity index (χ0n) is 39.3. The van der Waals surface area contributed by atoms with Crippen molar-refractivity contribution in [2.45, 2.75) is 77.0 Å². The number of nitrogens with one attached hydrogen (secondary N) is 2. The fraction of sp³-hybridized carbons (Fsp3) is 0.578. The molecular formula is C45H64FN15O7. The number of nitrogens with two attached hydrogens (primary N) is 1. The number of pyridine rings is 1. The molecule has 0 radical (unpaired) electrons. The van der Waals surface area contributed by atoms with Gasteiger partial charge in [-0.05, 0) is 38.2 Å². The highest BCUT2D eigenvalue weighted by Crippen LogP contribution is 2.32. The lowest BCUT2D eigenvalue weighted by molar-refractivity contribution is -0.00552. The van der Waals surface area contributed by atoms with Crippen molar-refractivity contribution in [1.82, 2.24) is 48.9 Å². The molecule has 5 N–H and O–H groups in total. The van der Waals surface area contributed by atoms with E-state index in [4.69, 9.17) is 39.1 Å². The first-order valence-corrected chi connectivity index (χ1v) is 23.4. The number of hydrogen-bond donors (Lipinski definition) is 4. The molecule has 4 atom stereocenters. The number of aryl methyl sites for hydroxylation is 2. The largest absolute Gasteiger partial charge is 0.478 e. The number of rotatable bonds is 26. The number of aliphatic hydroxyl groups excluding tert-OH is 1. The zero-order chi connectivity index (χ0) is 47.4. The Hall–Kier alpha value is -5.98. The summed E-state index contributed by atoms with van der Waals surface area (Å²) in [5.74, 6) is 3.38. The van der Waals surface area contributed by atoms with E-state index in [-0.39, 0.29) is 12.6 Å². The normalized spacial score (nSPS) is 18.0. The number of piperidine rings is 1. The van der Waals surface area contributed by atoms with E-state index >= 15 is 0 Å². The van der Waals surface area contributed by atoms with Gasteiger partial charge in [0.05, 0.1) is 110 Å². The summed E-state index contributed by atoms with van der Waals surface area (Å²) in [7, 11) is 3.37. The predicted octanol–water partition coefficient (Wildman–Crippen LogP) is 3.29. The lowest BCUT2D eigenvalue weighted by atomic mass is 9.98. The number of halogens is 1. The maximum atomic E-state index is 14.2. The Morgan fingerprint density at radius 2 is 1.69 bits per heavy atom. The first kappa shape index (κ1) is 48.5. The molecule has 0 amide bonds. The highest BCUT2D eigenvalue weighted by atomic mass is 19.1. The molecule has 0 aliphatic carbocycles. The number of imidazole rings is 1. The van der Waals surface area contributed by atoms with E-state index in [0.29, 0.717) is 119 Å². The molecule has 0 bridgehead atoms. The Morgan fingerprint density at radius 1 is 0.926 bits per heavy atom. The van der Waals surface area contributed by atoms with Crippen molar-refractivity contribution in [2.75, 3.05) is 107 Å². The minimum absolute atomic E-state index is 0.0332. The first-order valence-electron chi connectivity index (χ1n) is 23.4. The van der Waals surface area contributed by atoms with Gasteiger partial charge in [-0.15, -0.1) is 5.10 Å². The van der Waals surface area contributed by atoms with Crippen LogP contribution < -0.4 is 35.6 Å². The molecule has 1 unspecified atom stereocenters. The van der Waals surface area contributed by atoms with Gasteiger partial charge in [0.1, 0.15) is 30.1 Å². The summed E-state index contributed by atoms with van der Waals surface area (Å²) in [5, 5.41) is 26.5. The second-order valence-electron chi connectivity index (χ2n) is 16.8. The van der Waals surface area contributed by atoms with Crippen molar-refractivity contribution >= 4 is 45.9 Å². The lowest BCUT2D eigenvalue weighted by Crippen LogP contribution is -2.46. The molecular weight excluding hydrogens is 882 g/mol. The van der Waals surface area contributed by atoms with E-state index < -0.39 is 18.3 Å². The van der Waals surface area contributed by atoms with Crippen LogP contribution >= 0.6 is 0 Å². The summed E-state index contributed by atoms with van der Waals surface area (Å²) in [4.78, 5) is 27.2. The van der Waals surface area contributed by atoms with Crippen LogP contribution in [0.25, 0.3) is 16.8 Å². The monoisotopic (exact) mass is 946 g/mol. The summed E-state index contributed by atoms with van der Waals surface area (Å²) >= 11 is 0. The van der Waals surface area contributed by atoms with Gasteiger partial charge in [-0.25, -0.2) is 19.3 Å². The summed E-state index contributed by atoms with van der Waals surface area (Å²) in [6.07, 6.45) is 9.44. The molecule has 2 saturated heterocycles. The lowest BCUT2D eigenvalue weighted by Gasteiger charge is -2.38. The van der Waals surface area contributed by atoms with Crippen molar-refractivity contribution in [3.05, 3.63) is 54.2 Å². The smallest absolute Gasteiger partial charge is 0.256 e. The first-order chi connectivity index (χ1) is 33.2. The molecule has 8 rings (SSSR count). The van der Waals surface area contributed by atoms with Crippen LogP contribution in [-0.2, 0) is 45.5 Å². The van der Waals surface area contributed by atoms with E-state index in [2.05, 4.69) is 52.6 Å². The molecule has 0 spiro atoms. The van der Waals surface area contributed by atoms with Gasteiger partial charge in [-0.1, -0.05) is 13.0 Å². The number of alkyl halides is 1. The number of ether oxygens (including phenoxy) is 6. The van der Waals surface area contributed by atoms with Gasteiger partial charge in [-0.3, -0.25) is 4.68 Å². The molecule has 0 aromatic carbocycles. The number of aromatic nitrogens is 10. The van der Waals surface area contributed by atoms with Gasteiger partial charge in [-0.2, -0.15) is 19.6 Å². The molecule has 2 fully saturated rings. The van der Waals surface area contributed by atoms with Crippen LogP contribution in [0.15, 0.2) is 43.1 Å². The average Bonchev–Trinajstić information content (AvgIpc) is 4.14. The average molecular weight is 946 g/mol. The Labute approximate surface area is 394 Å². The van der Waals surface area contributed by atoms with Crippen LogP contribution in [0.5, 0.6) is 11.8 Å². The van der Waals surface area contributed by atoms with Crippen LogP contribution in [0.4, 0.5) is 33.5 Å². The third-order valence-electron chi connectivity index (χ3n) is 11.9. The quantitative estimate of drug-likeness (QED) is 0.0571. The molecule has 2 aliphatic rings. The number of anilines is 5. The minimum atomic E-state index is -1.16. The Morgan fingerprint density at radius 3 is 2.38 bits per heavy atom. The Kier molecular flexibility index (Phi) is 16.6. The van der Waals surface area contributed by atoms with Crippen LogP contribution in [0, 0.1) is 0 Å². The second kappa shape index (κ2) is 23.4. The molecule has 0 saturated carbocycles. The van der Waals surface area contributed by atoms with E-state index in [9.17, 15) is 9.50 Å². The molecule has 368 valence electrons. The van der Waals surface area contributed by atoms with E-state index in [1.165, 1.54) is 7.11 Å². The number of hydrogen-bond acceptors (Lipinski definition) is 19. The van der Waals surface area contributed by atoms with Crippen LogP contribution in [-0.4, -0.2) is 165 Å². The SMILES string of the molecule is CCc1cnn2c(NCc3ccc(OCCOCCOCCOCCOCCn4cc(Nc5nc(N6C[C@@H](N)[C@H](F)C6)nc6c5ncn6C)c(OC)n4)nc3)cc(N3CCCC[C@H]3C(C)O)nc12. The van der Waals surface area contributed by atoms with Crippen LogP contribution in [0.2, 0.25) is 0 Å². The molecule has 8 heterocycles. The molecule has 6 aromatic heterocycles. The number of methoxy groups -OCH3 is 1. The van der Waals surface area contributed by atoms with Gasteiger partial charge in [0.15, 0.2) is 22.6 Å². The topological polar surface area (TPSA) is 237 Å². The maximum Gasteiger partial charge on any atom is 0.256 e. The number of aliphatic hydroxyl groups is 1. The van der Waals surface area contributed by atoms with Crippen molar-refractivity contribution < 1.29 is 37.9 Å². The van der Waals surface area contributed by atoms with E-state index in [1.54, 1.807) is 32.9 Å². The van der Waals surface area contributed by atoms with Crippen LogP contribution in [0.1, 0.15) is 44.2 Å². The predicted molar refractivity (Wildman–Crippen MR) is 253 cm³/mol. The summed E-state index contributed by atoms with van der Waals surface area (Å²) in [6, 6.07) is 5.29. The van der Waals surface area contributed by atoms with Crippen molar-refractivity contribution in [1.29, 1.82) is 0 Å². The van der Waals surface area contributed by atoms with Crippen molar-refractivity contribution in [3.8, 4) is 11.8 Å². The summed E-state index contributed by atoms with van der Waals surface area (Å²) < 4.78 is 53.6. The molecule has 23 heteroatoms. The zero-order valence-corrected chi connectivity index (χ0v) is 39.3. The second-order valence-corrected chi connectivity index (χ2v) is 16.8. The molecule has 2 aliphatic heterocycles. The van der Waals surface area contributed by atoms with Gasteiger partial charge < -0.3 is 64.3 Å². The number of nitrogens with zero attached hydrogens (tertiary/aromatic N) is 12. The molecule has 6 aromatic rings. The summed E-state index contributed by atoms with van der Waals surface area (Å²) in [6.45, 7) is 9.99. The van der Waals surface area contributed by atoms with Gasteiger partial charge in [0.25, 0.3) is 5.88 Å². The standard InChI is InChI=1S/C45H64FN15O7/c1-5-32-25-51-61-37(22-38(53-42(32)61)60-11-7-6-8-36(60)30(2)62)48-23-31-9-10-39(49-24-31)68-21-20-67-19-18-66-17-16-65-15-14-64-13-12-59-28-35(44(56-59)63-4)52-41-40-43(57(3)29-50-40)55-45(54-41)58-26-33(46)34(47)27-58/h9-10,22,24-25,28-30,33-34,36,48,62H,5-8,11-21,23,26-27,47H2,1-4H3,(H,52,54,55)/t30?,33-,34-,36+/m1/s1. The Balaban J connectivity index is 0.669. The van der Waals surface area contributed by atoms with Gasteiger partial charge in [0.2, 0.25) is 11.8 Å². The van der Waals surface area contributed by atoms with E-state index in [1.807, 2.05) is 42.9 Å². The third kappa shape index (κ3) is 12.0. The van der Waals surface area contributed by atoms with Crippen molar-refractivity contribution in [2.24, 2.45) is 12.8 Å².